The smallest absolute Gasteiger partial charge is 0.261 e. The largest absolute Gasteiger partial charge is 0.405 e. The Kier molecular flexibility index (Phi) is 6.23. The van der Waals surface area contributed by atoms with Crippen molar-refractivity contribution >= 4 is 18.7 Å². The first-order chi connectivity index (χ1) is 14.5. The van der Waals surface area contributed by atoms with Crippen LogP contribution in [-0.2, 0) is 9.16 Å². The molecule has 1 aliphatic rings. The second kappa shape index (κ2) is 8.89. The summed E-state index contributed by atoms with van der Waals surface area (Å²) in [5, 5.41) is 2.63. The van der Waals surface area contributed by atoms with Crippen LogP contribution in [0.25, 0.3) is 0 Å². The normalized spacial score (nSPS) is 19.7. The summed E-state index contributed by atoms with van der Waals surface area (Å²) in [6.45, 7) is 7.60. The Morgan fingerprint density at radius 2 is 1.27 bits per heavy atom. The Labute approximate surface area is 182 Å². The third-order valence-corrected chi connectivity index (χ3v) is 11.2. The number of benzene rings is 3. The fraction of sp³-hybridized carbons (Fsp3) is 0.333. The van der Waals surface area contributed by atoms with E-state index in [0.717, 1.165) is 12.8 Å². The maximum Gasteiger partial charge on any atom is 0.261 e. The lowest BCUT2D eigenvalue weighted by molar-refractivity contribution is 0.0150. The Hall–Kier alpha value is -2.20. The lowest BCUT2D eigenvalue weighted by Crippen LogP contribution is -2.67. The maximum absolute atomic E-state index is 7.05. The monoisotopic (exact) mass is 416 g/mol. The Morgan fingerprint density at radius 3 is 1.77 bits per heavy atom. The van der Waals surface area contributed by atoms with Crippen LogP contribution in [0.15, 0.2) is 91.0 Å². The third-order valence-electron chi connectivity index (χ3n) is 6.18. The number of hydrogen-bond donors (Lipinski definition) is 0. The van der Waals surface area contributed by atoms with E-state index in [-0.39, 0.29) is 17.2 Å². The van der Waals surface area contributed by atoms with Crippen LogP contribution in [0.3, 0.4) is 0 Å². The van der Waals surface area contributed by atoms with Gasteiger partial charge in [0.25, 0.3) is 8.32 Å². The van der Waals surface area contributed by atoms with Gasteiger partial charge in [-0.15, -0.1) is 0 Å². The molecule has 4 rings (SSSR count). The highest BCUT2D eigenvalue weighted by atomic mass is 28.4. The summed E-state index contributed by atoms with van der Waals surface area (Å²) in [5.74, 6) is 0. The second-order valence-corrected chi connectivity index (χ2v) is 13.5. The van der Waals surface area contributed by atoms with Crippen LogP contribution in [0.5, 0.6) is 0 Å². The molecule has 3 aromatic carbocycles. The van der Waals surface area contributed by atoms with Crippen LogP contribution in [0.4, 0.5) is 0 Å². The molecule has 0 bridgehead atoms. The zero-order valence-electron chi connectivity index (χ0n) is 18.3. The molecule has 0 radical (unpaired) electrons. The summed E-state index contributed by atoms with van der Waals surface area (Å²) in [6.07, 6.45) is 2.41. The van der Waals surface area contributed by atoms with Crippen LogP contribution in [-0.4, -0.2) is 21.0 Å². The van der Waals surface area contributed by atoms with Crippen LogP contribution < -0.4 is 10.4 Å². The summed E-state index contributed by atoms with van der Waals surface area (Å²) in [6, 6.07) is 32.2. The van der Waals surface area contributed by atoms with Gasteiger partial charge in [0, 0.05) is 0 Å². The van der Waals surface area contributed by atoms with Gasteiger partial charge in [0.1, 0.15) is 0 Å². The quantitative estimate of drug-likeness (QED) is 0.495. The van der Waals surface area contributed by atoms with E-state index in [1.54, 1.807) is 0 Å². The van der Waals surface area contributed by atoms with Gasteiger partial charge in [-0.2, -0.15) is 0 Å². The molecule has 3 aromatic rings. The fourth-order valence-corrected chi connectivity index (χ4v) is 9.31. The van der Waals surface area contributed by atoms with Crippen LogP contribution in [0.2, 0.25) is 5.04 Å². The van der Waals surface area contributed by atoms with Gasteiger partial charge in [0.15, 0.2) is 0 Å². The van der Waals surface area contributed by atoms with Crippen LogP contribution >= 0.6 is 0 Å². The predicted octanol–water partition coefficient (Wildman–Crippen LogP) is 5.48. The first kappa shape index (κ1) is 21.0. The van der Waals surface area contributed by atoms with Crippen molar-refractivity contribution < 1.29 is 9.16 Å². The van der Waals surface area contributed by atoms with Crippen molar-refractivity contribution in [3.63, 3.8) is 0 Å². The molecule has 0 saturated carbocycles. The van der Waals surface area contributed by atoms with Gasteiger partial charge < -0.3 is 9.16 Å². The summed E-state index contributed by atoms with van der Waals surface area (Å²) in [7, 11) is -2.50. The molecular formula is C27H32O2Si. The number of ether oxygens (including phenoxy) is 1. The highest BCUT2D eigenvalue weighted by Crippen LogP contribution is 2.38. The highest BCUT2D eigenvalue weighted by molar-refractivity contribution is 6.99. The Bertz CT molecular complexity index is 880. The van der Waals surface area contributed by atoms with Crippen LogP contribution in [0, 0.1) is 0 Å². The van der Waals surface area contributed by atoms with E-state index < -0.39 is 8.32 Å². The molecule has 2 atom stereocenters. The SMILES string of the molecule is CC(C)(C)[Si](OC[C@@H]1CC[C@H](c2ccccc2)O1)(c1ccccc1)c1ccccc1. The summed E-state index contributed by atoms with van der Waals surface area (Å²) < 4.78 is 13.5. The van der Waals surface area contributed by atoms with E-state index in [2.05, 4.69) is 112 Å². The van der Waals surface area contributed by atoms with Gasteiger partial charge in [-0.3, -0.25) is 0 Å². The predicted molar refractivity (Wildman–Crippen MR) is 127 cm³/mol. The number of hydrogen-bond acceptors (Lipinski definition) is 2. The molecule has 2 nitrogen and oxygen atoms in total. The summed E-state index contributed by atoms with van der Waals surface area (Å²) >= 11 is 0. The fourth-order valence-electron chi connectivity index (χ4n) is 4.72. The average molecular weight is 417 g/mol. The molecule has 156 valence electrons. The molecule has 0 amide bonds. The van der Waals surface area contributed by atoms with E-state index in [0.29, 0.717) is 6.61 Å². The summed E-state index contributed by atoms with van der Waals surface area (Å²) in [4.78, 5) is 0. The second-order valence-electron chi connectivity index (χ2n) is 9.21. The molecule has 0 aliphatic carbocycles. The van der Waals surface area contributed by atoms with Crippen molar-refractivity contribution in [2.45, 2.75) is 50.9 Å². The van der Waals surface area contributed by atoms with Gasteiger partial charge >= 0.3 is 0 Å². The lowest BCUT2D eigenvalue weighted by Gasteiger charge is -2.43. The molecule has 0 N–H and O–H groups in total. The van der Waals surface area contributed by atoms with Gasteiger partial charge in [-0.1, -0.05) is 112 Å². The zero-order chi connectivity index (χ0) is 21.0. The van der Waals surface area contributed by atoms with E-state index in [1.165, 1.54) is 15.9 Å². The molecule has 1 heterocycles. The van der Waals surface area contributed by atoms with E-state index >= 15 is 0 Å². The molecule has 0 aromatic heterocycles. The highest BCUT2D eigenvalue weighted by Gasteiger charge is 2.50. The molecule has 30 heavy (non-hydrogen) atoms. The minimum atomic E-state index is -2.50. The first-order valence-electron chi connectivity index (χ1n) is 11.0. The molecule has 0 spiro atoms. The van der Waals surface area contributed by atoms with Crippen LogP contribution in [0.1, 0.15) is 45.3 Å². The summed E-state index contributed by atoms with van der Waals surface area (Å²) in [5.41, 5.74) is 1.27. The Balaban J connectivity index is 1.61. The maximum atomic E-state index is 7.05. The van der Waals surface area contributed by atoms with Crippen molar-refractivity contribution in [2.24, 2.45) is 0 Å². The van der Waals surface area contributed by atoms with E-state index in [1.807, 2.05) is 0 Å². The third kappa shape index (κ3) is 4.15. The first-order valence-corrected chi connectivity index (χ1v) is 12.9. The van der Waals surface area contributed by atoms with Gasteiger partial charge in [-0.05, 0) is 33.8 Å². The van der Waals surface area contributed by atoms with Crippen molar-refractivity contribution in [1.29, 1.82) is 0 Å². The lowest BCUT2D eigenvalue weighted by atomic mass is 10.1. The topological polar surface area (TPSA) is 18.5 Å². The molecule has 1 fully saturated rings. The van der Waals surface area contributed by atoms with Gasteiger partial charge in [-0.25, -0.2) is 0 Å². The van der Waals surface area contributed by atoms with E-state index in [9.17, 15) is 0 Å². The zero-order valence-corrected chi connectivity index (χ0v) is 19.3. The van der Waals surface area contributed by atoms with Gasteiger partial charge in [0.2, 0.25) is 0 Å². The minimum absolute atomic E-state index is 0.00680. The van der Waals surface area contributed by atoms with E-state index in [4.69, 9.17) is 9.16 Å². The number of rotatable bonds is 6. The molecule has 0 unspecified atom stereocenters. The van der Waals surface area contributed by atoms with Crippen molar-refractivity contribution in [1.82, 2.24) is 0 Å². The minimum Gasteiger partial charge on any atom is -0.405 e. The Morgan fingerprint density at radius 1 is 0.767 bits per heavy atom. The van der Waals surface area contributed by atoms with Gasteiger partial charge in [0.05, 0.1) is 18.8 Å². The standard InChI is InChI=1S/C27H32O2Si/c1-27(2,3)30(24-15-9-5-10-16-24,25-17-11-6-12-18-25)28-21-23-19-20-26(29-23)22-13-7-4-8-14-22/h4-18,23,26H,19-21H2,1-3H3/t23-,26+/m0/s1. The van der Waals surface area contributed by atoms with Crippen molar-refractivity contribution in [3.05, 3.63) is 96.6 Å². The average Bonchev–Trinajstić information content (AvgIpc) is 3.25. The van der Waals surface area contributed by atoms with Crippen molar-refractivity contribution in [3.8, 4) is 0 Å². The molecule has 1 saturated heterocycles. The molecule has 3 heteroatoms. The molecule has 1 aliphatic heterocycles. The van der Waals surface area contributed by atoms with Crippen molar-refractivity contribution in [2.75, 3.05) is 6.61 Å². The molecular weight excluding hydrogens is 384 g/mol.